The molecule has 4 rings (SSSR count). The van der Waals surface area contributed by atoms with Gasteiger partial charge < -0.3 is 0 Å². The highest BCUT2D eigenvalue weighted by Gasteiger charge is 2.16. The lowest BCUT2D eigenvalue weighted by Gasteiger charge is -2.10. The molecule has 0 unspecified atom stereocenters. The van der Waals surface area contributed by atoms with Crippen LogP contribution in [0.5, 0.6) is 0 Å². The van der Waals surface area contributed by atoms with E-state index in [0.29, 0.717) is 22.5 Å². The molecular weight excluding hydrogens is 405 g/mol. The average molecular weight is 418 g/mol. The van der Waals surface area contributed by atoms with Crippen LogP contribution in [0, 0.1) is 5.82 Å². The lowest BCUT2D eigenvalue weighted by atomic mass is 10.2. The number of halogens is 2. The Kier molecular flexibility index (Phi) is 5.47. The summed E-state index contributed by atoms with van der Waals surface area (Å²) in [5.41, 5.74) is 2.65. The highest BCUT2D eigenvalue weighted by Crippen LogP contribution is 2.29. The molecule has 5 nitrogen and oxygen atoms in total. The normalized spacial score (nSPS) is 11.0. The van der Waals surface area contributed by atoms with Crippen molar-refractivity contribution in [1.82, 2.24) is 24.4 Å². The van der Waals surface area contributed by atoms with Gasteiger partial charge in [0.2, 0.25) is 0 Å². The van der Waals surface area contributed by atoms with E-state index in [2.05, 4.69) is 19.8 Å². The summed E-state index contributed by atoms with van der Waals surface area (Å²) < 4.78 is 19.7. The molecule has 0 aliphatic rings. The van der Waals surface area contributed by atoms with Crippen LogP contribution < -0.4 is 0 Å². The molecule has 9 heteroatoms. The molecule has 4 aromatic rings. The number of aromatic nitrogens is 5. The maximum atomic E-state index is 13.3. The maximum absolute atomic E-state index is 13.3. The fourth-order valence-corrected chi connectivity index (χ4v) is 4.20. The Bertz CT molecular complexity index is 1030. The van der Waals surface area contributed by atoms with Gasteiger partial charge in [-0.25, -0.2) is 4.39 Å². The molecule has 27 heavy (non-hydrogen) atoms. The third-order valence-electron chi connectivity index (χ3n) is 3.85. The van der Waals surface area contributed by atoms with Crippen LogP contribution in [0.1, 0.15) is 11.3 Å². The van der Waals surface area contributed by atoms with Crippen LogP contribution in [0.2, 0.25) is 4.34 Å². The van der Waals surface area contributed by atoms with Gasteiger partial charge in [0.05, 0.1) is 6.54 Å². The van der Waals surface area contributed by atoms with Crippen molar-refractivity contribution < 1.29 is 4.39 Å². The molecule has 0 fully saturated rings. The Labute approximate surface area is 168 Å². The third-order valence-corrected chi connectivity index (χ3v) is 5.81. The zero-order valence-corrected chi connectivity index (χ0v) is 16.3. The van der Waals surface area contributed by atoms with Crippen LogP contribution in [0.4, 0.5) is 4.39 Å². The van der Waals surface area contributed by atoms with Gasteiger partial charge in [-0.3, -0.25) is 4.57 Å². The van der Waals surface area contributed by atoms with E-state index in [1.54, 1.807) is 12.1 Å². The van der Waals surface area contributed by atoms with E-state index in [1.165, 1.54) is 23.9 Å². The highest BCUT2D eigenvalue weighted by molar-refractivity contribution is 7.98. The lowest BCUT2D eigenvalue weighted by molar-refractivity contribution is 0.628. The molecule has 0 atom stereocenters. The Hall–Kier alpha value is -2.29. The Morgan fingerprint density at radius 1 is 1.00 bits per heavy atom. The summed E-state index contributed by atoms with van der Waals surface area (Å²) in [7, 11) is 0. The summed E-state index contributed by atoms with van der Waals surface area (Å²) in [5.74, 6) is 0.947. The molecule has 0 radical (unpaired) electrons. The van der Waals surface area contributed by atoms with Crippen molar-refractivity contribution in [3.63, 3.8) is 0 Å². The first-order chi connectivity index (χ1) is 13.2. The van der Waals surface area contributed by atoms with E-state index in [1.807, 2.05) is 34.9 Å². The van der Waals surface area contributed by atoms with Crippen LogP contribution in [0.15, 0.2) is 59.8 Å². The van der Waals surface area contributed by atoms with Gasteiger partial charge in [-0.15, -0.1) is 15.3 Å². The molecule has 0 bridgehead atoms. The topological polar surface area (TPSA) is 56.5 Å². The van der Waals surface area contributed by atoms with Gasteiger partial charge in [-0.05, 0) is 29.8 Å². The summed E-state index contributed by atoms with van der Waals surface area (Å²) in [5, 5.41) is 13.4. The molecule has 0 aliphatic carbocycles. The lowest BCUT2D eigenvalue weighted by Crippen LogP contribution is -2.04. The van der Waals surface area contributed by atoms with Gasteiger partial charge >= 0.3 is 0 Å². The quantitative estimate of drug-likeness (QED) is 0.416. The van der Waals surface area contributed by atoms with Gasteiger partial charge in [0.1, 0.15) is 15.8 Å². The van der Waals surface area contributed by atoms with Crippen molar-refractivity contribution in [3.05, 3.63) is 76.0 Å². The van der Waals surface area contributed by atoms with Crippen molar-refractivity contribution in [2.45, 2.75) is 17.5 Å². The summed E-state index contributed by atoms with van der Waals surface area (Å²) >= 11 is 8.75. The Morgan fingerprint density at radius 3 is 2.48 bits per heavy atom. The second-order valence-electron chi connectivity index (χ2n) is 5.67. The van der Waals surface area contributed by atoms with E-state index < -0.39 is 0 Å². The molecule has 0 saturated heterocycles. The van der Waals surface area contributed by atoms with Gasteiger partial charge in [-0.2, -0.15) is 0 Å². The molecule has 0 amide bonds. The maximum Gasteiger partial charge on any atom is 0.192 e. The van der Waals surface area contributed by atoms with Crippen molar-refractivity contribution >= 4 is 34.9 Å². The fourth-order valence-electron chi connectivity index (χ4n) is 2.53. The van der Waals surface area contributed by atoms with Crippen LogP contribution in [0.25, 0.3) is 11.4 Å². The van der Waals surface area contributed by atoms with Crippen molar-refractivity contribution in [2.75, 3.05) is 0 Å². The van der Waals surface area contributed by atoms with Crippen molar-refractivity contribution in [2.24, 2.45) is 0 Å². The third kappa shape index (κ3) is 4.18. The van der Waals surface area contributed by atoms with E-state index >= 15 is 0 Å². The summed E-state index contributed by atoms with van der Waals surface area (Å²) in [6.07, 6.45) is 0. The molecule has 2 aromatic heterocycles. The SMILES string of the molecule is Fc1ccc(-c2nnc(SCc3nnsc3Cl)n2Cc2ccccc2)cc1. The molecule has 0 spiro atoms. The van der Waals surface area contributed by atoms with Gasteiger partial charge in [0.25, 0.3) is 0 Å². The van der Waals surface area contributed by atoms with E-state index in [4.69, 9.17) is 11.6 Å². The number of hydrogen-bond donors (Lipinski definition) is 0. The standard InChI is InChI=1S/C18H13ClFN5S2/c19-16-15(21-24-27-16)11-26-18-23-22-17(13-6-8-14(20)9-7-13)25(18)10-12-4-2-1-3-5-12/h1-9H,10-11H2. The molecule has 0 saturated carbocycles. The summed E-state index contributed by atoms with van der Waals surface area (Å²) in [6, 6.07) is 16.3. The number of hydrogen-bond acceptors (Lipinski definition) is 6. The number of thioether (sulfide) groups is 1. The van der Waals surface area contributed by atoms with Crippen molar-refractivity contribution in [1.29, 1.82) is 0 Å². The molecule has 2 heterocycles. The minimum absolute atomic E-state index is 0.284. The minimum atomic E-state index is -0.284. The largest absolute Gasteiger partial charge is 0.298 e. The zero-order valence-electron chi connectivity index (χ0n) is 13.9. The van der Waals surface area contributed by atoms with Gasteiger partial charge in [0.15, 0.2) is 11.0 Å². The molecular formula is C18H13ClFN5S2. The Morgan fingerprint density at radius 2 is 1.78 bits per heavy atom. The first kappa shape index (κ1) is 18.1. The second kappa shape index (κ2) is 8.16. The minimum Gasteiger partial charge on any atom is -0.298 e. The highest BCUT2D eigenvalue weighted by atomic mass is 35.5. The Balaban J connectivity index is 1.67. The van der Waals surface area contributed by atoms with Crippen LogP contribution >= 0.6 is 34.9 Å². The fraction of sp³-hybridized carbons (Fsp3) is 0.111. The average Bonchev–Trinajstić information content (AvgIpc) is 3.28. The number of rotatable bonds is 6. The summed E-state index contributed by atoms with van der Waals surface area (Å²) in [4.78, 5) is 0. The predicted octanol–water partition coefficient (Wildman–Crippen LogP) is 4.93. The van der Waals surface area contributed by atoms with Crippen LogP contribution in [0.3, 0.4) is 0 Å². The van der Waals surface area contributed by atoms with Crippen molar-refractivity contribution in [3.8, 4) is 11.4 Å². The smallest absolute Gasteiger partial charge is 0.192 e. The zero-order chi connectivity index (χ0) is 18.6. The van der Waals surface area contributed by atoms with Crippen LogP contribution in [-0.2, 0) is 12.3 Å². The monoisotopic (exact) mass is 417 g/mol. The molecule has 0 N–H and O–H groups in total. The number of benzene rings is 2. The van der Waals surface area contributed by atoms with Crippen LogP contribution in [-0.4, -0.2) is 24.4 Å². The second-order valence-corrected chi connectivity index (χ2v) is 7.97. The van der Waals surface area contributed by atoms with E-state index in [0.717, 1.165) is 33.5 Å². The summed E-state index contributed by atoms with van der Waals surface area (Å²) in [6.45, 7) is 0.603. The van der Waals surface area contributed by atoms with E-state index in [9.17, 15) is 4.39 Å². The first-order valence-corrected chi connectivity index (χ1v) is 10.2. The molecule has 136 valence electrons. The van der Waals surface area contributed by atoms with E-state index in [-0.39, 0.29) is 5.82 Å². The predicted molar refractivity (Wildman–Crippen MR) is 105 cm³/mol. The number of nitrogens with zero attached hydrogens (tertiary/aromatic N) is 5. The molecule has 0 aliphatic heterocycles. The van der Waals surface area contributed by atoms with Gasteiger partial charge in [0, 0.05) is 22.8 Å². The van der Waals surface area contributed by atoms with Gasteiger partial charge in [-0.1, -0.05) is 58.2 Å². The molecule has 2 aromatic carbocycles. The first-order valence-electron chi connectivity index (χ1n) is 8.03.